The van der Waals surface area contributed by atoms with Gasteiger partial charge in [0.2, 0.25) is 5.91 Å². The van der Waals surface area contributed by atoms with Crippen LogP contribution in [-0.4, -0.2) is 65.3 Å². The topological polar surface area (TPSA) is 69.6 Å². The molecule has 8 heteroatoms. The van der Waals surface area contributed by atoms with Gasteiger partial charge in [-0.15, -0.1) is 0 Å². The molecule has 2 aliphatic heterocycles. The van der Waals surface area contributed by atoms with E-state index < -0.39 is 0 Å². The minimum Gasteiger partial charge on any atom is -0.355 e. The summed E-state index contributed by atoms with van der Waals surface area (Å²) in [6, 6.07) is 6.33. The highest BCUT2D eigenvalue weighted by Crippen LogP contribution is 2.45. The fraction of sp³-hybridized carbons (Fsp3) is 0.429. The fourth-order valence-electron chi connectivity index (χ4n) is 4.51. The van der Waals surface area contributed by atoms with E-state index in [-0.39, 0.29) is 35.5 Å². The molecule has 152 valence electrons. The number of aromatic nitrogens is 2. The Bertz CT molecular complexity index is 950. The zero-order valence-electron chi connectivity index (χ0n) is 16.7. The van der Waals surface area contributed by atoms with Crippen molar-refractivity contribution < 1.29 is 14.0 Å². The molecular weight excluding hydrogens is 373 g/mol. The zero-order valence-corrected chi connectivity index (χ0v) is 16.7. The summed E-state index contributed by atoms with van der Waals surface area (Å²) < 4.78 is 13.9. The monoisotopic (exact) mass is 397 g/mol. The molecule has 3 heterocycles. The number of halogens is 1. The van der Waals surface area contributed by atoms with Crippen LogP contribution >= 0.6 is 0 Å². The predicted octanol–water partition coefficient (Wildman–Crippen LogP) is 1.97. The largest absolute Gasteiger partial charge is 0.355 e. The van der Waals surface area contributed by atoms with E-state index in [0.717, 1.165) is 5.56 Å². The number of hydrogen-bond acceptors (Lipinski definition) is 5. The van der Waals surface area contributed by atoms with Gasteiger partial charge in [0.05, 0.1) is 18.4 Å². The zero-order chi connectivity index (χ0) is 20.7. The number of amides is 2. The minimum atomic E-state index is -0.301. The lowest BCUT2D eigenvalue weighted by Crippen LogP contribution is -2.34. The standard InChI is InChI=1S/C21H24FN5O2/c1-13(28)27-11-15-10-26(19-9-23-8-18(24-19)21(29)25(2)3)12-17(15)20(27)14-5-4-6-16(22)7-14/h4-9,15,17,20H,10-12H2,1-3H3/t15-,17-,20+/m1/s1. The van der Waals surface area contributed by atoms with Crippen LogP contribution in [0.3, 0.4) is 0 Å². The summed E-state index contributed by atoms with van der Waals surface area (Å²) in [6.07, 6.45) is 3.13. The van der Waals surface area contributed by atoms with E-state index in [4.69, 9.17) is 0 Å². The molecule has 7 nitrogen and oxygen atoms in total. The maximum Gasteiger partial charge on any atom is 0.273 e. The van der Waals surface area contributed by atoms with Crippen LogP contribution in [0.4, 0.5) is 10.2 Å². The Hall–Kier alpha value is -3.03. The number of benzene rings is 1. The molecule has 0 spiro atoms. The van der Waals surface area contributed by atoms with Crippen molar-refractivity contribution >= 4 is 17.6 Å². The van der Waals surface area contributed by atoms with Gasteiger partial charge in [-0.05, 0) is 17.7 Å². The first kappa shape index (κ1) is 19.3. The number of rotatable bonds is 3. The summed E-state index contributed by atoms with van der Waals surface area (Å²) >= 11 is 0. The Kier molecular flexibility index (Phi) is 4.94. The molecule has 0 N–H and O–H groups in total. The van der Waals surface area contributed by atoms with E-state index in [1.807, 2.05) is 11.0 Å². The van der Waals surface area contributed by atoms with Crippen LogP contribution in [0.1, 0.15) is 29.0 Å². The van der Waals surface area contributed by atoms with Crippen molar-refractivity contribution in [3.63, 3.8) is 0 Å². The van der Waals surface area contributed by atoms with Crippen LogP contribution in [0.15, 0.2) is 36.7 Å². The van der Waals surface area contributed by atoms with Crippen molar-refractivity contribution in [3.8, 4) is 0 Å². The number of likely N-dealkylation sites (tertiary alicyclic amines) is 1. The molecule has 29 heavy (non-hydrogen) atoms. The smallest absolute Gasteiger partial charge is 0.273 e. The highest BCUT2D eigenvalue weighted by molar-refractivity contribution is 5.91. The first-order valence-electron chi connectivity index (χ1n) is 9.66. The summed E-state index contributed by atoms with van der Waals surface area (Å²) in [5.41, 5.74) is 1.12. The first-order valence-corrected chi connectivity index (χ1v) is 9.66. The molecule has 0 saturated carbocycles. The van der Waals surface area contributed by atoms with Crippen molar-refractivity contribution in [2.45, 2.75) is 13.0 Å². The van der Waals surface area contributed by atoms with Crippen LogP contribution in [0.2, 0.25) is 0 Å². The lowest BCUT2D eigenvalue weighted by molar-refractivity contribution is -0.130. The van der Waals surface area contributed by atoms with E-state index in [9.17, 15) is 14.0 Å². The number of nitrogens with zero attached hydrogens (tertiary/aromatic N) is 5. The van der Waals surface area contributed by atoms with E-state index >= 15 is 0 Å². The molecule has 0 unspecified atom stereocenters. The normalized spacial score (nSPS) is 23.2. The second-order valence-electron chi connectivity index (χ2n) is 7.96. The Balaban J connectivity index is 1.61. The molecule has 1 aromatic carbocycles. The van der Waals surface area contributed by atoms with Crippen LogP contribution < -0.4 is 4.90 Å². The van der Waals surface area contributed by atoms with Gasteiger partial charge in [-0.3, -0.25) is 14.6 Å². The Morgan fingerprint density at radius 1 is 1.17 bits per heavy atom. The van der Waals surface area contributed by atoms with Gasteiger partial charge in [-0.25, -0.2) is 9.37 Å². The van der Waals surface area contributed by atoms with Crippen molar-refractivity contribution in [3.05, 3.63) is 53.7 Å². The molecule has 4 rings (SSSR count). The van der Waals surface area contributed by atoms with Crippen LogP contribution in [0.5, 0.6) is 0 Å². The van der Waals surface area contributed by atoms with Gasteiger partial charge in [0.25, 0.3) is 5.91 Å². The molecule has 3 atom stereocenters. The molecule has 2 saturated heterocycles. The van der Waals surface area contributed by atoms with Crippen LogP contribution in [-0.2, 0) is 4.79 Å². The quantitative estimate of drug-likeness (QED) is 0.792. The number of fused-ring (bicyclic) bond motifs is 1. The van der Waals surface area contributed by atoms with Crippen molar-refractivity contribution in [1.82, 2.24) is 19.8 Å². The highest BCUT2D eigenvalue weighted by atomic mass is 19.1. The number of carbonyl (C=O) groups is 2. The molecule has 0 radical (unpaired) electrons. The molecule has 2 aliphatic rings. The molecule has 2 aromatic rings. The SMILES string of the molecule is CC(=O)N1C[C@H]2CN(c3cncc(C(=O)N(C)C)n3)C[C@H]2[C@@H]1c1cccc(F)c1. The average molecular weight is 397 g/mol. The van der Waals surface area contributed by atoms with Crippen LogP contribution in [0, 0.1) is 17.7 Å². The van der Waals surface area contributed by atoms with Crippen molar-refractivity contribution in [1.29, 1.82) is 0 Å². The Morgan fingerprint density at radius 3 is 2.66 bits per heavy atom. The van der Waals surface area contributed by atoms with Gasteiger partial charge in [0.1, 0.15) is 17.3 Å². The van der Waals surface area contributed by atoms with Gasteiger partial charge in [-0.2, -0.15) is 0 Å². The minimum absolute atomic E-state index is 0.00131. The molecule has 2 amide bonds. The van der Waals surface area contributed by atoms with E-state index in [1.54, 1.807) is 33.3 Å². The van der Waals surface area contributed by atoms with Crippen molar-refractivity contribution in [2.24, 2.45) is 11.8 Å². The Labute approximate surface area is 169 Å². The third-order valence-corrected chi connectivity index (χ3v) is 5.83. The second-order valence-corrected chi connectivity index (χ2v) is 7.96. The number of anilines is 1. The number of carbonyl (C=O) groups excluding carboxylic acids is 2. The summed E-state index contributed by atoms with van der Waals surface area (Å²) in [5, 5.41) is 0. The summed E-state index contributed by atoms with van der Waals surface area (Å²) in [5.74, 6) is 0.570. The lowest BCUT2D eigenvalue weighted by atomic mass is 9.89. The summed E-state index contributed by atoms with van der Waals surface area (Å²) in [6.45, 7) is 3.58. The second kappa shape index (κ2) is 7.42. The summed E-state index contributed by atoms with van der Waals surface area (Å²) in [7, 11) is 3.35. The molecule has 0 bridgehead atoms. The van der Waals surface area contributed by atoms with Gasteiger partial charge in [0, 0.05) is 52.5 Å². The molecule has 0 aliphatic carbocycles. The first-order chi connectivity index (χ1) is 13.8. The third kappa shape index (κ3) is 3.54. The predicted molar refractivity (Wildman–Crippen MR) is 106 cm³/mol. The van der Waals surface area contributed by atoms with E-state index in [1.165, 1.54) is 23.2 Å². The van der Waals surface area contributed by atoms with Gasteiger partial charge < -0.3 is 14.7 Å². The van der Waals surface area contributed by atoms with E-state index in [2.05, 4.69) is 14.9 Å². The number of hydrogen-bond donors (Lipinski definition) is 0. The molecule has 1 aromatic heterocycles. The molecular formula is C21H24FN5O2. The maximum atomic E-state index is 13.9. The fourth-order valence-corrected chi connectivity index (χ4v) is 4.51. The van der Waals surface area contributed by atoms with Gasteiger partial charge in [0.15, 0.2) is 0 Å². The summed E-state index contributed by atoms with van der Waals surface area (Å²) in [4.78, 5) is 38.6. The Morgan fingerprint density at radius 2 is 1.97 bits per heavy atom. The van der Waals surface area contributed by atoms with Crippen molar-refractivity contribution in [2.75, 3.05) is 38.6 Å². The highest BCUT2D eigenvalue weighted by Gasteiger charge is 2.48. The van der Waals surface area contributed by atoms with E-state index in [0.29, 0.717) is 31.1 Å². The van der Waals surface area contributed by atoms with Crippen LogP contribution in [0.25, 0.3) is 0 Å². The third-order valence-electron chi connectivity index (χ3n) is 5.83. The molecule has 2 fully saturated rings. The lowest BCUT2D eigenvalue weighted by Gasteiger charge is -2.29. The van der Waals surface area contributed by atoms with Gasteiger partial charge in [-0.1, -0.05) is 12.1 Å². The maximum absolute atomic E-state index is 13.9. The average Bonchev–Trinajstić information content (AvgIpc) is 3.25. The van der Waals surface area contributed by atoms with Gasteiger partial charge >= 0.3 is 0 Å².